The molecule has 4 rings (SSSR count). The molecule has 1 N–H and O–H groups in total. The molecule has 0 unspecified atom stereocenters. The molecule has 0 saturated carbocycles. The third-order valence-corrected chi connectivity index (χ3v) is 5.15. The fraction of sp³-hybridized carbons (Fsp3) is 0.0455. The quantitative estimate of drug-likeness (QED) is 0.520. The van der Waals surface area contributed by atoms with Crippen molar-refractivity contribution in [3.63, 3.8) is 0 Å². The Labute approximate surface area is 161 Å². The Bertz CT molecular complexity index is 1070. The van der Waals surface area contributed by atoms with E-state index in [0.717, 1.165) is 33.1 Å². The standard InChI is InChI=1S/C22H17N3OS/c1-15-4-2-3-5-19(15)21(26)24-18-8-6-16(7-9-18)20-14-27-22(25-20)17-10-12-23-13-11-17/h2-14H,1H3,(H,24,26). The molecular weight excluding hydrogens is 354 g/mol. The summed E-state index contributed by atoms with van der Waals surface area (Å²) < 4.78 is 0. The zero-order valence-corrected chi connectivity index (χ0v) is 15.5. The van der Waals surface area contributed by atoms with Crippen molar-refractivity contribution in [1.29, 1.82) is 0 Å². The number of nitrogens with one attached hydrogen (secondary N) is 1. The molecule has 0 aliphatic heterocycles. The van der Waals surface area contributed by atoms with E-state index in [2.05, 4.69) is 10.3 Å². The van der Waals surface area contributed by atoms with E-state index in [1.807, 2.05) is 73.0 Å². The number of hydrogen-bond donors (Lipinski definition) is 1. The molecule has 132 valence electrons. The van der Waals surface area contributed by atoms with Crippen LogP contribution in [-0.2, 0) is 0 Å². The molecule has 0 fully saturated rings. The lowest BCUT2D eigenvalue weighted by Gasteiger charge is -2.08. The summed E-state index contributed by atoms with van der Waals surface area (Å²) in [5, 5.41) is 5.95. The summed E-state index contributed by atoms with van der Waals surface area (Å²) in [5.41, 5.74) is 5.39. The molecule has 27 heavy (non-hydrogen) atoms. The van der Waals surface area contributed by atoms with E-state index >= 15 is 0 Å². The van der Waals surface area contributed by atoms with Gasteiger partial charge >= 0.3 is 0 Å². The highest BCUT2D eigenvalue weighted by molar-refractivity contribution is 7.13. The zero-order valence-electron chi connectivity index (χ0n) is 14.7. The number of hydrogen-bond acceptors (Lipinski definition) is 4. The highest BCUT2D eigenvalue weighted by atomic mass is 32.1. The van der Waals surface area contributed by atoms with Gasteiger partial charge in [-0.15, -0.1) is 11.3 Å². The van der Waals surface area contributed by atoms with Crippen molar-refractivity contribution in [3.05, 3.63) is 89.6 Å². The molecule has 2 aromatic carbocycles. The molecule has 0 atom stereocenters. The number of amides is 1. The van der Waals surface area contributed by atoms with Gasteiger partial charge in [0, 0.05) is 40.2 Å². The average Bonchev–Trinajstić information content (AvgIpc) is 3.20. The van der Waals surface area contributed by atoms with Gasteiger partial charge in [-0.3, -0.25) is 9.78 Å². The van der Waals surface area contributed by atoms with Gasteiger partial charge in [0.1, 0.15) is 5.01 Å². The van der Waals surface area contributed by atoms with E-state index in [4.69, 9.17) is 4.98 Å². The van der Waals surface area contributed by atoms with E-state index in [-0.39, 0.29) is 5.91 Å². The Balaban J connectivity index is 1.50. The topological polar surface area (TPSA) is 54.9 Å². The van der Waals surface area contributed by atoms with Crippen LogP contribution in [0.2, 0.25) is 0 Å². The molecule has 4 nitrogen and oxygen atoms in total. The highest BCUT2D eigenvalue weighted by Crippen LogP contribution is 2.29. The number of thiazole rings is 1. The Morgan fingerprint density at radius 3 is 2.41 bits per heavy atom. The van der Waals surface area contributed by atoms with Crippen LogP contribution in [0.15, 0.2) is 78.4 Å². The van der Waals surface area contributed by atoms with Crippen LogP contribution in [0.5, 0.6) is 0 Å². The minimum atomic E-state index is -0.102. The van der Waals surface area contributed by atoms with Crippen LogP contribution < -0.4 is 5.32 Å². The van der Waals surface area contributed by atoms with Crippen molar-refractivity contribution in [2.75, 3.05) is 5.32 Å². The second-order valence-electron chi connectivity index (χ2n) is 6.12. The van der Waals surface area contributed by atoms with E-state index in [1.54, 1.807) is 23.7 Å². The van der Waals surface area contributed by atoms with Crippen LogP contribution in [-0.4, -0.2) is 15.9 Å². The Kier molecular flexibility index (Phi) is 4.77. The first-order chi connectivity index (χ1) is 13.2. The van der Waals surface area contributed by atoms with Crippen molar-refractivity contribution in [2.45, 2.75) is 6.92 Å². The maximum atomic E-state index is 12.4. The summed E-state index contributed by atoms with van der Waals surface area (Å²) in [6.45, 7) is 1.93. The molecule has 0 bridgehead atoms. The van der Waals surface area contributed by atoms with Gasteiger partial charge < -0.3 is 5.32 Å². The van der Waals surface area contributed by atoms with Crippen molar-refractivity contribution in [2.24, 2.45) is 0 Å². The second kappa shape index (κ2) is 7.51. The van der Waals surface area contributed by atoms with Crippen molar-refractivity contribution >= 4 is 22.9 Å². The molecular formula is C22H17N3OS. The van der Waals surface area contributed by atoms with Crippen LogP contribution >= 0.6 is 11.3 Å². The molecule has 0 aliphatic rings. The minimum Gasteiger partial charge on any atom is -0.322 e. The number of pyridine rings is 1. The molecule has 0 spiro atoms. The lowest BCUT2D eigenvalue weighted by Crippen LogP contribution is -2.13. The Morgan fingerprint density at radius 2 is 1.67 bits per heavy atom. The largest absolute Gasteiger partial charge is 0.322 e. The monoisotopic (exact) mass is 371 g/mol. The molecule has 4 aromatic rings. The number of benzene rings is 2. The van der Waals surface area contributed by atoms with Crippen LogP contribution in [0.1, 0.15) is 15.9 Å². The minimum absolute atomic E-state index is 0.102. The molecule has 0 radical (unpaired) electrons. The number of rotatable bonds is 4. The summed E-state index contributed by atoms with van der Waals surface area (Å²) >= 11 is 1.60. The Hall–Kier alpha value is -3.31. The second-order valence-corrected chi connectivity index (χ2v) is 6.98. The van der Waals surface area contributed by atoms with Gasteiger partial charge in [0.05, 0.1) is 5.69 Å². The third kappa shape index (κ3) is 3.78. The fourth-order valence-electron chi connectivity index (χ4n) is 2.78. The van der Waals surface area contributed by atoms with Gasteiger partial charge in [-0.25, -0.2) is 4.98 Å². The number of nitrogens with zero attached hydrogens (tertiary/aromatic N) is 2. The molecule has 0 saturated heterocycles. The van der Waals surface area contributed by atoms with E-state index in [0.29, 0.717) is 5.56 Å². The van der Waals surface area contributed by atoms with Crippen LogP contribution in [0.4, 0.5) is 5.69 Å². The molecule has 2 aromatic heterocycles. The summed E-state index contributed by atoms with van der Waals surface area (Å²) in [6, 6.07) is 19.2. The highest BCUT2D eigenvalue weighted by Gasteiger charge is 2.10. The number of aryl methyl sites for hydroxylation is 1. The zero-order chi connectivity index (χ0) is 18.6. The molecule has 0 aliphatic carbocycles. The normalized spacial score (nSPS) is 10.6. The molecule has 1 amide bonds. The first-order valence-electron chi connectivity index (χ1n) is 8.54. The van der Waals surface area contributed by atoms with Gasteiger partial charge in [0.2, 0.25) is 0 Å². The summed E-state index contributed by atoms with van der Waals surface area (Å²) in [4.78, 5) is 21.2. The Morgan fingerprint density at radius 1 is 0.926 bits per heavy atom. The van der Waals surface area contributed by atoms with Gasteiger partial charge in [0.25, 0.3) is 5.91 Å². The van der Waals surface area contributed by atoms with Crippen LogP contribution in [0.25, 0.3) is 21.8 Å². The fourth-order valence-corrected chi connectivity index (χ4v) is 3.62. The van der Waals surface area contributed by atoms with Crippen LogP contribution in [0.3, 0.4) is 0 Å². The lowest BCUT2D eigenvalue weighted by molar-refractivity contribution is 0.102. The first-order valence-corrected chi connectivity index (χ1v) is 9.42. The predicted octanol–water partition coefficient (Wildman–Crippen LogP) is 5.43. The SMILES string of the molecule is Cc1ccccc1C(=O)Nc1ccc(-c2csc(-c3ccncc3)n2)cc1. The molecule has 5 heteroatoms. The number of aromatic nitrogens is 2. The summed E-state index contributed by atoms with van der Waals surface area (Å²) in [5.74, 6) is -0.102. The number of anilines is 1. The smallest absolute Gasteiger partial charge is 0.255 e. The number of carbonyl (C=O) groups excluding carboxylic acids is 1. The predicted molar refractivity (Wildman–Crippen MR) is 110 cm³/mol. The lowest BCUT2D eigenvalue weighted by atomic mass is 10.1. The van der Waals surface area contributed by atoms with Gasteiger partial charge in [-0.05, 0) is 42.8 Å². The van der Waals surface area contributed by atoms with Crippen molar-refractivity contribution in [3.8, 4) is 21.8 Å². The number of carbonyl (C=O) groups is 1. The van der Waals surface area contributed by atoms with Crippen LogP contribution in [0, 0.1) is 6.92 Å². The van der Waals surface area contributed by atoms with Crippen molar-refractivity contribution < 1.29 is 4.79 Å². The van der Waals surface area contributed by atoms with E-state index in [1.165, 1.54) is 0 Å². The van der Waals surface area contributed by atoms with Crippen molar-refractivity contribution in [1.82, 2.24) is 9.97 Å². The maximum absolute atomic E-state index is 12.4. The first kappa shape index (κ1) is 17.1. The third-order valence-electron chi connectivity index (χ3n) is 4.26. The maximum Gasteiger partial charge on any atom is 0.255 e. The van der Waals surface area contributed by atoms with Gasteiger partial charge in [-0.2, -0.15) is 0 Å². The van der Waals surface area contributed by atoms with Gasteiger partial charge in [-0.1, -0.05) is 30.3 Å². The molecule has 2 heterocycles. The summed E-state index contributed by atoms with van der Waals surface area (Å²) in [7, 11) is 0. The van der Waals surface area contributed by atoms with Gasteiger partial charge in [0.15, 0.2) is 0 Å². The van der Waals surface area contributed by atoms with E-state index in [9.17, 15) is 4.79 Å². The summed E-state index contributed by atoms with van der Waals surface area (Å²) in [6.07, 6.45) is 3.53. The van der Waals surface area contributed by atoms with E-state index < -0.39 is 0 Å². The average molecular weight is 371 g/mol.